The van der Waals surface area contributed by atoms with Crippen LogP contribution in [-0.2, 0) is 4.84 Å². The van der Waals surface area contributed by atoms with Crippen LogP contribution in [0, 0.1) is 6.92 Å². The van der Waals surface area contributed by atoms with Gasteiger partial charge in [-0.15, -0.1) is 0 Å². The SMILES string of the molecule is Cc1ccc(N2CC(C)O2)cc1. The molecule has 2 heteroatoms. The van der Waals surface area contributed by atoms with E-state index < -0.39 is 0 Å². The molecule has 64 valence electrons. The zero-order valence-corrected chi connectivity index (χ0v) is 7.45. The highest BCUT2D eigenvalue weighted by Crippen LogP contribution is 2.22. The Morgan fingerprint density at radius 2 is 1.92 bits per heavy atom. The maximum Gasteiger partial charge on any atom is 0.103 e. The minimum Gasteiger partial charge on any atom is -0.268 e. The number of rotatable bonds is 1. The summed E-state index contributed by atoms with van der Waals surface area (Å²) >= 11 is 0. The molecule has 0 aliphatic carbocycles. The van der Waals surface area contributed by atoms with Gasteiger partial charge in [0.25, 0.3) is 0 Å². The van der Waals surface area contributed by atoms with E-state index in [0.717, 1.165) is 12.2 Å². The van der Waals surface area contributed by atoms with Gasteiger partial charge in [0.1, 0.15) is 6.10 Å². The normalized spacial score (nSPS) is 22.2. The van der Waals surface area contributed by atoms with E-state index in [1.165, 1.54) is 5.56 Å². The molecule has 1 atom stereocenters. The summed E-state index contributed by atoms with van der Waals surface area (Å²) < 4.78 is 0. The molecule has 1 aromatic rings. The van der Waals surface area contributed by atoms with Crippen LogP contribution in [0.25, 0.3) is 0 Å². The van der Waals surface area contributed by atoms with Crippen LogP contribution >= 0.6 is 0 Å². The third-order valence-electron chi connectivity index (χ3n) is 2.05. The highest BCUT2D eigenvalue weighted by atomic mass is 16.7. The van der Waals surface area contributed by atoms with Crippen LogP contribution in [-0.4, -0.2) is 12.6 Å². The van der Waals surface area contributed by atoms with Gasteiger partial charge in [-0.3, -0.25) is 9.90 Å². The number of hydroxylamine groups is 1. The highest BCUT2D eigenvalue weighted by molar-refractivity contribution is 5.46. The van der Waals surface area contributed by atoms with E-state index in [2.05, 4.69) is 38.1 Å². The van der Waals surface area contributed by atoms with Crippen LogP contribution in [0.15, 0.2) is 24.3 Å². The molecule has 0 amide bonds. The van der Waals surface area contributed by atoms with E-state index in [1.807, 2.05) is 5.06 Å². The average molecular weight is 163 g/mol. The molecule has 2 rings (SSSR count). The maximum absolute atomic E-state index is 5.40. The quantitative estimate of drug-likeness (QED) is 0.629. The fraction of sp³-hybridized carbons (Fsp3) is 0.400. The first-order valence-electron chi connectivity index (χ1n) is 4.27. The zero-order valence-electron chi connectivity index (χ0n) is 7.45. The van der Waals surface area contributed by atoms with E-state index in [1.54, 1.807) is 0 Å². The third kappa shape index (κ3) is 1.30. The predicted molar refractivity (Wildman–Crippen MR) is 49.1 cm³/mol. The van der Waals surface area contributed by atoms with Crippen LogP contribution in [0.5, 0.6) is 0 Å². The van der Waals surface area contributed by atoms with Crippen molar-refractivity contribution in [3.05, 3.63) is 29.8 Å². The maximum atomic E-state index is 5.40. The van der Waals surface area contributed by atoms with Crippen LogP contribution < -0.4 is 5.06 Å². The largest absolute Gasteiger partial charge is 0.268 e. The summed E-state index contributed by atoms with van der Waals surface area (Å²) in [6, 6.07) is 8.37. The molecule has 1 unspecified atom stereocenters. The average Bonchev–Trinajstić information content (AvgIpc) is 2.01. The Labute approximate surface area is 72.7 Å². The van der Waals surface area contributed by atoms with Crippen LogP contribution in [0.2, 0.25) is 0 Å². The molecule has 1 saturated heterocycles. The van der Waals surface area contributed by atoms with Crippen molar-refractivity contribution in [2.45, 2.75) is 20.0 Å². The number of nitrogens with zero attached hydrogens (tertiary/aromatic N) is 1. The first-order valence-corrected chi connectivity index (χ1v) is 4.27. The first kappa shape index (κ1) is 7.62. The van der Waals surface area contributed by atoms with Crippen molar-refractivity contribution < 1.29 is 4.84 Å². The van der Waals surface area contributed by atoms with Crippen molar-refractivity contribution in [2.24, 2.45) is 0 Å². The van der Waals surface area contributed by atoms with Crippen molar-refractivity contribution in [1.29, 1.82) is 0 Å². The molecule has 1 heterocycles. The number of hydrogen-bond acceptors (Lipinski definition) is 2. The topological polar surface area (TPSA) is 12.5 Å². The van der Waals surface area contributed by atoms with Crippen molar-refractivity contribution in [2.75, 3.05) is 11.6 Å². The lowest BCUT2D eigenvalue weighted by Crippen LogP contribution is -2.46. The Kier molecular flexibility index (Phi) is 1.77. The first-order chi connectivity index (χ1) is 5.75. The molecule has 1 aliphatic rings. The lowest BCUT2D eigenvalue weighted by atomic mass is 10.2. The van der Waals surface area contributed by atoms with Gasteiger partial charge in [0.15, 0.2) is 0 Å². The second-order valence-electron chi connectivity index (χ2n) is 3.31. The third-order valence-corrected chi connectivity index (χ3v) is 2.05. The minimum atomic E-state index is 0.381. The molecule has 1 aromatic carbocycles. The number of hydrogen-bond donors (Lipinski definition) is 0. The molecule has 0 radical (unpaired) electrons. The fourth-order valence-electron chi connectivity index (χ4n) is 1.32. The molecule has 2 nitrogen and oxygen atoms in total. The number of benzene rings is 1. The van der Waals surface area contributed by atoms with Gasteiger partial charge >= 0.3 is 0 Å². The molecular weight excluding hydrogens is 150 g/mol. The van der Waals surface area contributed by atoms with E-state index in [-0.39, 0.29) is 0 Å². The summed E-state index contributed by atoms with van der Waals surface area (Å²) in [4.78, 5) is 5.40. The summed E-state index contributed by atoms with van der Waals surface area (Å²) in [7, 11) is 0. The van der Waals surface area contributed by atoms with Crippen molar-refractivity contribution in [1.82, 2.24) is 0 Å². The fourth-order valence-corrected chi connectivity index (χ4v) is 1.32. The minimum absolute atomic E-state index is 0.381. The predicted octanol–water partition coefficient (Wildman–Crippen LogP) is 2.14. The van der Waals surface area contributed by atoms with Crippen LogP contribution in [0.4, 0.5) is 5.69 Å². The summed E-state index contributed by atoms with van der Waals surface area (Å²) in [5, 5.41) is 1.92. The van der Waals surface area contributed by atoms with Gasteiger partial charge in [0.05, 0.1) is 12.2 Å². The van der Waals surface area contributed by atoms with Gasteiger partial charge in [-0.1, -0.05) is 17.7 Å². The van der Waals surface area contributed by atoms with Gasteiger partial charge < -0.3 is 0 Å². The van der Waals surface area contributed by atoms with Crippen LogP contribution in [0.1, 0.15) is 12.5 Å². The highest BCUT2D eigenvalue weighted by Gasteiger charge is 2.23. The van der Waals surface area contributed by atoms with E-state index in [0.29, 0.717) is 6.10 Å². The molecule has 1 aliphatic heterocycles. The second kappa shape index (κ2) is 2.79. The summed E-state index contributed by atoms with van der Waals surface area (Å²) in [5.74, 6) is 0. The van der Waals surface area contributed by atoms with E-state index in [4.69, 9.17) is 4.84 Å². The molecule has 0 N–H and O–H groups in total. The Balaban J connectivity index is 2.09. The molecule has 12 heavy (non-hydrogen) atoms. The molecule has 1 fully saturated rings. The van der Waals surface area contributed by atoms with Crippen molar-refractivity contribution in [3.63, 3.8) is 0 Å². The molecule has 0 bridgehead atoms. The monoisotopic (exact) mass is 163 g/mol. The second-order valence-corrected chi connectivity index (χ2v) is 3.31. The van der Waals surface area contributed by atoms with Gasteiger partial charge in [-0.25, -0.2) is 0 Å². The van der Waals surface area contributed by atoms with Crippen molar-refractivity contribution >= 4 is 5.69 Å². The van der Waals surface area contributed by atoms with E-state index in [9.17, 15) is 0 Å². The smallest absolute Gasteiger partial charge is 0.103 e. The zero-order chi connectivity index (χ0) is 8.55. The van der Waals surface area contributed by atoms with E-state index >= 15 is 0 Å². The summed E-state index contributed by atoms with van der Waals surface area (Å²) in [5.41, 5.74) is 2.44. The Hall–Kier alpha value is -1.02. The van der Waals surface area contributed by atoms with Gasteiger partial charge in [-0.05, 0) is 26.0 Å². The lowest BCUT2D eigenvalue weighted by Gasteiger charge is -2.37. The van der Waals surface area contributed by atoms with Crippen LogP contribution in [0.3, 0.4) is 0 Å². The molecule has 0 aromatic heterocycles. The Bertz CT molecular complexity index is 262. The van der Waals surface area contributed by atoms with Gasteiger partial charge in [-0.2, -0.15) is 0 Å². The van der Waals surface area contributed by atoms with Gasteiger partial charge in [0, 0.05) is 0 Å². The summed E-state index contributed by atoms with van der Waals surface area (Å²) in [6.45, 7) is 5.16. The number of anilines is 1. The lowest BCUT2D eigenvalue weighted by molar-refractivity contribution is -0.0442. The standard InChI is InChI=1S/C10H13NO/c1-8-3-5-10(6-4-8)11-7-9(2)12-11/h3-6,9H,7H2,1-2H3. The molecule has 0 spiro atoms. The Morgan fingerprint density at radius 3 is 2.42 bits per heavy atom. The Morgan fingerprint density at radius 1 is 1.33 bits per heavy atom. The molecular formula is C10H13NO. The number of aryl methyl sites for hydroxylation is 1. The van der Waals surface area contributed by atoms with Gasteiger partial charge in [0.2, 0.25) is 0 Å². The summed E-state index contributed by atoms with van der Waals surface area (Å²) in [6.07, 6.45) is 0.381. The molecule has 0 saturated carbocycles. The van der Waals surface area contributed by atoms with Crippen molar-refractivity contribution in [3.8, 4) is 0 Å².